The molecule has 3 rings (SSSR count). The SMILES string of the molecule is Nc1noc(-c2ccc(F)cc2)c1-c1ccc(Br)cc1. The Balaban J connectivity index is 2.14. The zero-order valence-corrected chi connectivity index (χ0v) is 11.9. The molecular weight excluding hydrogens is 323 g/mol. The number of hydrogen-bond donors (Lipinski definition) is 1. The average molecular weight is 333 g/mol. The molecule has 100 valence electrons. The van der Waals surface area contributed by atoms with E-state index in [0.29, 0.717) is 17.1 Å². The van der Waals surface area contributed by atoms with E-state index in [1.54, 1.807) is 12.1 Å². The third-order valence-corrected chi connectivity index (χ3v) is 3.49. The van der Waals surface area contributed by atoms with Gasteiger partial charge in [-0.15, -0.1) is 0 Å². The van der Waals surface area contributed by atoms with E-state index in [2.05, 4.69) is 21.1 Å². The van der Waals surface area contributed by atoms with Crippen molar-refractivity contribution in [2.45, 2.75) is 0 Å². The van der Waals surface area contributed by atoms with Gasteiger partial charge in [0.05, 0.1) is 5.56 Å². The van der Waals surface area contributed by atoms with Gasteiger partial charge in [-0.3, -0.25) is 0 Å². The molecule has 0 bridgehead atoms. The van der Waals surface area contributed by atoms with Crippen molar-refractivity contribution in [3.63, 3.8) is 0 Å². The number of anilines is 1. The van der Waals surface area contributed by atoms with E-state index in [1.165, 1.54) is 12.1 Å². The summed E-state index contributed by atoms with van der Waals surface area (Å²) < 4.78 is 19.3. The first-order chi connectivity index (χ1) is 9.65. The van der Waals surface area contributed by atoms with Crippen molar-refractivity contribution in [3.8, 4) is 22.5 Å². The molecule has 0 aliphatic rings. The summed E-state index contributed by atoms with van der Waals surface area (Å²) in [6, 6.07) is 13.7. The molecule has 3 aromatic rings. The molecule has 0 unspecified atom stereocenters. The zero-order valence-electron chi connectivity index (χ0n) is 10.3. The fourth-order valence-electron chi connectivity index (χ4n) is 2.00. The van der Waals surface area contributed by atoms with Crippen LogP contribution in [0.5, 0.6) is 0 Å². The highest BCUT2D eigenvalue weighted by Crippen LogP contribution is 2.36. The van der Waals surface area contributed by atoms with Gasteiger partial charge in [-0.1, -0.05) is 33.2 Å². The van der Waals surface area contributed by atoms with Crippen molar-refractivity contribution in [2.24, 2.45) is 0 Å². The van der Waals surface area contributed by atoms with E-state index in [0.717, 1.165) is 15.6 Å². The minimum atomic E-state index is -0.300. The predicted molar refractivity (Wildman–Crippen MR) is 79.4 cm³/mol. The molecule has 0 amide bonds. The Labute approximate surface area is 123 Å². The largest absolute Gasteiger partial charge is 0.380 e. The van der Waals surface area contributed by atoms with Crippen LogP contribution in [0.15, 0.2) is 57.5 Å². The van der Waals surface area contributed by atoms with E-state index in [1.807, 2.05) is 24.3 Å². The van der Waals surface area contributed by atoms with Crippen LogP contribution in [0.1, 0.15) is 0 Å². The van der Waals surface area contributed by atoms with Gasteiger partial charge in [0.15, 0.2) is 11.6 Å². The topological polar surface area (TPSA) is 52.0 Å². The maximum atomic E-state index is 13.0. The Morgan fingerprint density at radius 2 is 1.55 bits per heavy atom. The minimum absolute atomic E-state index is 0.300. The second-order valence-electron chi connectivity index (χ2n) is 4.29. The number of aromatic nitrogens is 1. The van der Waals surface area contributed by atoms with Gasteiger partial charge in [-0.2, -0.15) is 0 Å². The molecule has 20 heavy (non-hydrogen) atoms. The molecule has 2 aromatic carbocycles. The van der Waals surface area contributed by atoms with Crippen LogP contribution in [-0.4, -0.2) is 5.16 Å². The maximum Gasteiger partial charge on any atom is 0.176 e. The monoisotopic (exact) mass is 332 g/mol. The Hall–Kier alpha value is -2.14. The third-order valence-electron chi connectivity index (χ3n) is 2.96. The molecule has 0 saturated carbocycles. The first kappa shape index (κ1) is 12.9. The molecule has 0 aliphatic carbocycles. The number of halogens is 2. The Kier molecular flexibility index (Phi) is 3.28. The van der Waals surface area contributed by atoms with E-state index in [9.17, 15) is 4.39 Å². The fraction of sp³-hybridized carbons (Fsp3) is 0. The molecule has 1 heterocycles. The summed E-state index contributed by atoms with van der Waals surface area (Å²) in [5.41, 5.74) is 8.22. The zero-order chi connectivity index (χ0) is 14.1. The maximum absolute atomic E-state index is 13.0. The fourth-order valence-corrected chi connectivity index (χ4v) is 2.26. The first-order valence-corrected chi connectivity index (χ1v) is 6.71. The number of nitrogens with two attached hydrogens (primary N) is 1. The summed E-state index contributed by atoms with van der Waals surface area (Å²) >= 11 is 3.39. The van der Waals surface area contributed by atoms with Gasteiger partial charge in [0.2, 0.25) is 0 Å². The van der Waals surface area contributed by atoms with Crippen LogP contribution in [0.4, 0.5) is 10.2 Å². The lowest BCUT2D eigenvalue weighted by molar-refractivity contribution is 0.436. The summed E-state index contributed by atoms with van der Waals surface area (Å²) in [6.45, 7) is 0. The van der Waals surface area contributed by atoms with Crippen LogP contribution < -0.4 is 5.73 Å². The minimum Gasteiger partial charge on any atom is -0.380 e. The molecule has 0 aliphatic heterocycles. The van der Waals surface area contributed by atoms with Crippen molar-refractivity contribution >= 4 is 21.7 Å². The summed E-state index contributed by atoms with van der Waals surface area (Å²) in [7, 11) is 0. The van der Waals surface area contributed by atoms with Gasteiger partial charge in [-0.05, 0) is 42.0 Å². The summed E-state index contributed by atoms with van der Waals surface area (Å²) in [4.78, 5) is 0. The summed E-state index contributed by atoms with van der Waals surface area (Å²) in [5, 5.41) is 3.81. The van der Waals surface area contributed by atoms with Gasteiger partial charge in [0.1, 0.15) is 5.82 Å². The van der Waals surface area contributed by atoms with Crippen LogP contribution >= 0.6 is 15.9 Å². The average Bonchev–Trinajstić information content (AvgIpc) is 2.83. The van der Waals surface area contributed by atoms with Crippen LogP contribution in [0.25, 0.3) is 22.5 Å². The molecule has 2 N–H and O–H groups in total. The molecule has 0 saturated heterocycles. The van der Waals surface area contributed by atoms with Crippen molar-refractivity contribution < 1.29 is 8.91 Å². The van der Waals surface area contributed by atoms with Crippen molar-refractivity contribution in [3.05, 3.63) is 58.8 Å². The molecule has 5 heteroatoms. The van der Waals surface area contributed by atoms with Crippen LogP contribution in [0.3, 0.4) is 0 Å². The molecule has 0 radical (unpaired) electrons. The van der Waals surface area contributed by atoms with Crippen molar-refractivity contribution in [1.29, 1.82) is 0 Å². The van der Waals surface area contributed by atoms with Gasteiger partial charge in [-0.25, -0.2) is 4.39 Å². The number of benzene rings is 2. The number of nitrogens with zero attached hydrogens (tertiary/aromatic N) is 1. The van der Waals surface area contributed by atoms with E-state index >= 15 is 0 Å². The normalized spacial score (nSPS) is 10.7. The standard InChI is InChI=1S/C15H10BrFN2O/c16-11-5-1-9(2-6-11)13-14(20-19-15(13)18)10-3-7-12(17)8-4-10/h1-8H,(H2,18,19). The number of rotatable bonds is 2. The van der Waals surface area contributed by atoms with Crippen LogP contribution in [0, 0.1) is 5.82 Å². The van der Waals surface area contributed by atoms with E-state index < -0.39 is 0 Å². The lowest BCUT2D eigenvalue weighted by atomic mass is 10.0. The second-order valence-corrected chi connectivity index (χ2v) is 5.20. The summed E-state index contributed by atoms with van der Waals surface area (Å²) in [5.74, 6) is 0.544. The van der Waals surface area contributed by atoms with E-state index in [-0.39, 0.29) is 5.82 Å². The number of hydrogen-bond acceptors (Lipinski definition) is 3. The first-order valence-electron chi connectivity index (χ1n) is 5.92. The van der Waals surface area contributed by atoms with Gasteiger partial charge < -0.3 is 10.3 Å². The lowest BCUT2D eigenvalue weighted by Gasteiger charge is -2.03. The van der Waals surface area contributed by atoms with Gasteiger partial charge >= 0.3 is 0 Å². The highest BCUT2D eigenvalue weighted by Gasteiger charge is 2.17. The second kappa shape index (κ2) is 5.09. The molecule has 0 spiro atoms. The summed E-state index contributed by atoms with van der Waals surface area (Å²) in [6.07, 6.45) is 0. The Bertz CT molecular complexity index is 736. The van der Waals surface area contributed by atoms with Crippen LogP contribution in [0.2, 0.25) is 0 Å². The Morgan fingerprint density at radius 1 is 0.950 bits per heavy atom. The molecular formula is C15H10BrFN2O. The molecule has 0 atom stereocenters. The number of nitrogen functional groups attached to an aromatic ring is 1. The lowest BCUT2D eigenvalue weighted by Crippen LogP contribution is -1.88. The van der Waals surface area contributed by atoms with Gasteiger partial charge in [0.25, 0.3) is 0 Å². The predicted octanol–water partition coefficient (Wildman–Crippen LogP) is 4.49. The van der Waals surface area contributed by atoms with Gasteiger partial charge in [0, 0.05) is 10.0 Å². The van der Waals surface area contributed by atoms with Crippen molar-refractivity contribution in [1.82, 2.24) is 5.16 Å². The molecule has 1 aromatic heterocycles. The third kappa shape index (κ3) is 2.32. The highest BCUT2D eigenvalue weighted by molar-refractivity contribution is 9.10. The molecule has 3 nitrogen and oxygen atoms in total. The Morgan fingerprint density at radius 3 is 2.20 bits per heavy atom. The van der Waals surface area contributed by atoms with E-state index in [4.69, 9.17) is 10.3 Å². The van der Waals surface area contributed by atoms with Crippen LogP contribution in [-0.2, 0) is 0 Å². The quantitative estimate of drug-likeness (QED) is 0.752. The highest BCUT2D eigenvalue weighted by atomic mass is 79.9. The smallest absolute Gasteiger partial charge is 0.176 e. The van der Waals surface area contributed by atoms with Crippen molar-refractivity contribution in [2.75, 3.05) is 5.73 Å². The molecule has 0 fully saturated rings.